The van der Waals surface area contributed by atoms with Gasteiger partial charge in [0.2, 0.25) is 0 Å². The van der Waals surface area contributed by atoms with Crippen molar-refractivity contribution in [2.24, 2.45) is 0 Å². The van der Waals surface area contributed by atoms with Crippen molar-refractivity contribution in [1.82, 2.24) is 9.97 Å². The van der Waals surface area contributed by atoms with Gasteiger partial charge in [0.15, 0.2) is 6.61 Å². The molecule has 0 unspecified atom stereocenters. The van der Waals surface area contributed by atoms with Crippen molar-refractivity contribution in [3.05, 3.63) is 24.5 Å². The average Bonchev–Trinajstić information content (AvgIpc) is 2.26. The van der Waals surface area contributed by atoms with E-state index in [0.29, 0.717) is 22.5 Å². The smallest absolute Gasteiger partial charge is 0.341 e. The summed E-state index contributed by atoms with van der Waals surface area (Å²) in [5.41, 5.74) is 6.26. The maximum atomic E-state index is 10.3. The Bertz CT molecular complexity index is 542. The summed E-state index contributed by atoms with van der Waals surface area (Å²) in [5.74, 6) is -0.204. The Balaban J connectivity index is 2.33. The number of nitrogens with two attached hydrogens (primary N) is 1. The Morgan fingerprint density at radius 1 is 1.44 bits per heavy atom. The molecule has 1 aromatic carbocycles. The van der Waals surface area contributed by atoms with E-state index in [9.17, 15) is 4.79 Å². The summed E-state index contributed by atoms with van der Waals surface area (Å²) in [6.45, 7) is -0.383. The van der Waals surface area contributed by atoms with Gasteiger partial charge in [-0.05, 0) is 12.1 Å². The molecule has 0 fully saturated rings. The molecule has 0 aliphatic rings. The summed E-state index contributed by atoms with van der Waals surface area (Å²) in [7, 11) is 0. The molecule has 16 heavy (non-hydrogen) atoms. The van der Waals surface area contributed by atoms with Crippen LogP contribution in [0, 0.1) is 0 Å². The van der Waals surface area contributed by atoms with Crippen molar-refractivity contribution in [3.63, 3.8) is 0 Å². The van der Waals surface area contributed by atoms with E-state index in [1.807, 2.05) is 0 Å². The number of carboxylic acid groups (broad SMARTS) is 1. The van der Waals surface area contributed by atoms with Crippen LogP contribution in [0.3, 0.4) is 0 Å². The number of ether oxygens (including phenoxy) is 1. The normalized spacial score (nSPS) is 10.2. The van der Waals surface area contributed by atoms with E-state index >= 15 is 0 Å². The van der Waals surface area contributed by atoms with Gasteiger partial charge in [0, 0.05) is 11.5 Å². The maximum absolute atomic E-state index is 10.3. The molecule has 6 nitrogen and oxygen atoms in total. The van der Waals surface area contributed by atoms with Crippen molar-refractivity contribution in [1.29, 1.82) is 0 Å². The van der Waals surface area contributed by atoms with Crippen molar-refractivity contribution in [2.75, 3.05) is 12.3 Å². The van der Waals surface area contributed by atoms with Crippen LogP contribution in [0.15, 0.2) is 24.5 Å². The molecular formula is C10H9N3O3. The zero-order valence-electron chi connectivity index (χ0n) is 8.25. The predicted octanol–water partition coefficient (Wildman–Crippen LogP) is 0.675. The summed E-state index contributed by atoms with van der Waals surface area (Å²) >= 11 is 0. The first-order valence-corrected chi connectivity index (χ1v) is 4.51. The number of benzene rings is 1. The summed E-state index contributed by atoms with van der Waals surface area (Å²) < 4.78 is 5.01. The van der Waals surface area contributed by atoms with Crippen LogP contribution in [0.4, 0.5) is 5.82 Å². The molecule has 0 aliphatic carbocycles. The summed E-state index contributed by atoms with van der Waals surface area (Å²) in [5, 5.41) is 9.17. The number of aliphatic carboxylic acids is 1. The van der Waals surface area contributed by atoms with Crippen LogP contribution < -0.4 is 10.5 Å². The molecule has 2 aromatic rings. The molecule has 0 radical (unpaired) electrons. The molecule has 0 atom stereocenters. The van der Waals surface area contributed by atoms with Crippen molar-refractivity contribution < 1.29 is 14.6 Å². The molecule has 1 aromatic heterocycles. The first kappa shape index (κ1) is 10.2. The third-order valence-corrected chi connectivity index (χ3v) is 2.00. The number of hydrogen-bond acceptors (Lipinski definition) is 5. The number of hydrogen-bond donors (Lipinski definition) is 2. The van der Waals surface area contributed by atoms with Crippen LogP contribution in [0.5, 0.6) is 5.75 Å². The van der Waals surface area contributed by atoms with Gasteiger partial charge >= 0.3 is 5.97 Å². The number of carbonyl (C=O) groups is 1. The minimum absolute atomic E-state index is 0.383. The molecular weight excluding hydrogens is 210 g/mol. The molecule has 0 spiro atoms. The summed E-state index contributed by atoms with van der Waals surface area (Å²) in [6.07, 6.45) is 1.35. The van der Waals surface area contributed by atoms with E-state index in [4.69, 9.17) is 15.6 Å². The molecule has 2 rings (SSSR count). The first-order chi connectivity index (χ1) is 7.66. The third-order valence-electron chi connectivity index (χ3n) is 2.00. The Morgan fingerprint density at radius 2 is 2.25 bits per heavy atom. The number of rotatable bonds is 3. The van der Waals surface area contributed by atoms with Crippen LogP contribution in [0.25, 0.3) is 10.9 Å². The van der Waals surface area contributed by atoms with Crippen LogP contribution in [-0.2, 0) is 4.79 Å². The van der Waals surface area contributed by atoms with E-state index in [1.54, 1.807) is 18.2 Å². The van der Waals surface area contributed by atoms with Gasteiger partial charge in [-0.15, -0.1) is 0 Å². The predicted molar refractivity (Wildman–Crippen MR) is 57.1 cm³/mol. The molecule has 0 bridgehead atoms. The lowest BCUT2D eigenvalue weighted by molar-refractivity contribution is -0.139. The summed E-state index contributed by atoms with van der Waals surface area (Å²) in [6, 6.07) is 4.95. The second kappa shape index (κ2) is 4.01. The van der Waals surface area contributed by atoms with E-state index < -0.39 is 5.97 Å². The highest BCUT2D eigenvalue weighted by atomic mass is 16.5. The summed E-state index contributed by atoms with van der Waals surface area (Å²) in [4.78, 5) is 18.2. The fourth-order valence-corrected chi connectivity index (χ4v) is 1.29. The molecule has 82 valence electrons. The number of fused-ring (bicyclic) bond motifs is 1. The molecule has 6 heteroatoms. The SMILES string of the molecule is Nc1ncnc2cc(OCC(=O)O)ccc12. The fourth-order valence-electron chi connectivity index (χ4n) is 1.29. The number of carboxylic acids is 1. The number of nitrogen functional groups attached to an aromatic ring is 1. The zero-order chi connectivity index (χ0) is 11.5. The maximum Gasteiger partial charge on any atom is 0.341 e. The third kappa shape index (κ3) is 2.00. The molecule has 0 aliphatic heterocycles. The number of nitrogens with zero attached hydrogens (tertiary/aromatic N) is 2. The molecule has 0 saturated heterocycles. The van der Waals surface area contributed by atoms with Gasteiger partial charge in [0.1, 0.15) is 17.9 Å². The second-order valence-electron chi connectivity index (χ2n) is 3.12. The number of aromatic nitrogens is 2. The zero-order valence-corrected chi connectivity index (χ0v) is 8.25. The van der Waals surface area contributed by atoms with Gasteiger partial charge in [0.25, 0.3) is 0 Å². The van der Waals surface area contributed by atoms with Crippen LogP contribution >= 0.6 is 0 Å². The Labute approximate surface area is 90.7 Å². The van der Waals surface area contributed by atoms with Crippen molar-refractivity contribution in [2.45, 2.75) is 0 Å². The Morgan fingerprint density at radius 3 is 3.00 bits per heavy atom. The van der Waals surface area contributed by atoms with Crippen LogP contribution in [-0.4, -0.2) is 27.7 Å². The number of anilines is 1. The fraction of sp³-hybridized carbons (Fsp3) is 0.100. The average molecular weight is 219 g/mol. The highest BCUT2D eigenvalue weighted by molar-refractivity contribution is 5.88. The van der Waals surface area contributed by atoms with Gasteiger partial charge in [-0.25, -0.2) is 14.8 Å². The lowest BCUT2D eigenvalue weighted by Gasteiger charge is -2.04. The standard InChI is InChI=1S/C10H9N3O3/c11-10-7-2-1-6(16-4-9(14)15)3-8(7)12-5-13-10/h1-3,5H,4H2,(H,14,15)(H2,11,12,13). The largest absolute Gasteiger partial charge is 0.482 e. The molecule has 0 saturated carbocycles. The highest BCUT2D eigenvalue weighted by Crippen LogP contribution is 2.21. The van der Waals surface area contributed by atoms with Gasteiger partial charge in [0.05, 0.1) is 5.52 Å². The van der Waals surface area contributed by atoms with Gasteiger partial charge in [-0.2, -0.15) is 0 Å². The Hall–Kier alpha value is -2.37. The highest BCUT2D eigenvalue weighted by Gasteiger charge is 2.03. The van der Waals surface area contributed by atoms with Crippen molar-refractivity contribution in [3.8, 4) is 5.75 Å². The Kier molecular flexibility index (Phi) is 2.55. The molecule has 3 N–H and O–H groups in total. The second-order valence-corrected chi connectivity index (χ2v) is 3.12. The van der Waals surface area contributed by atoms with E-state index in [-0.39, 0.29) is 6.61 Å². The van der Waals surface area contributed by atoms with E-state index in [1.165, 1.54) is 6.33 Å². The topological polar surface area (TPSA) is 98.3 Å². The molecule has 0 amide bonds. The van der Waals surface area contributed by atoms with Crippen LogP contribution in [0.2, 0.25) is 0 Å². The quantitative estimate of drug-likeness (QED) is 0.787. The van der Waals surface area contributed by atoms with Gasteiger partial charge in [-0.1, -0.05) is 0 Å². The monoisotopic (exact) mass is 219 g/mol. The lowest BCUT2D eigenvalue weighted by Crippen LogP contribution is -2.09. The van der Waals surface area contributed by atoms with E-state index in [2.05, 4.69) is 9.97 Å². The minimum Gasteiger partial charge on any atom is -0.482 e. The van der Waals surface area contributed by atoms with Crippen molar-refractivity contribution >= 4 is 22.7 Å². The minimum atomic E-state index is -1.03. The van der Waals surface area contributed by atoms with Gasteiger partial charge < -0.3 is 15.6 Å². The van der Waals surface area contributed by atoms with Crippen LogP contribution in [0.1, 0.15) is 0 Å². The first-order valence-electron chi connectivity index (χ1n) is 4.51. The van der Waals surface area contributed by atoms with E-state index in [0.717, 1.165) is 0 Å². The van der Waals surface area contributed by atoms with Gasteiger partial charge in [-0.3, -0.25) is 0 Å². The lowest BCUT2D eigenvalue weighted by atomic mass is 10.2. The molecule has 1 heterocycles.